The summed E-state index contributed by atoms with van der Waals surface area (Å²) in [5, 5.41) is 10.9. The van der Waals surface area contributed by atoms with E-state index >= 15 is 0 Å². The summed E-state index contributed by atoms with van der Waals surface area (Å²) in [5.41, 5.74) is 2.66. The van der Waals surface area contributed by atoms with E-state index in [0.29, 0.717) is 5.92 Å². The summed E-state index contributed by atoms with van der Waals surface area (Å²) in [6, 6.07) is 10.9. The van der Waals surface area contributed by atoms with Gasteiger partial charge in [0, 0.05) is 18.2 Å². The molecule has 3 nitrogen and oxygen atoms in total. The molecule has 0 amide bonds. The molecule has 2 unspecified atom stereocenters. The normalized spacial score (nSPS) is 25.1. The second-order valence-corrected chi connectivity index (χ2v) is 5.87. The summed E-state index contributed by atoms with van der Waals surface area (Å²) < 4.78 is 0. The fourth-order valence-corrected chi connectivity index (χ4v) is 3.58. The fourth-order valence-electron chi connectivity index (χ4n) is 3.29. The van der Waals surface area contributed by atoms with Gasteiger partial charge in [0.05, 0.1) is 6.04 Å². The lowest BCUT2D eigenvalue weighted by Gasteiger charge is -2.30. The van der Waals surface area contributed by atoms with Crippen molar-refractivity contribution in [2.45, 2.75) is 38.6 Å². The van der Waals surface area contributed by atoms with Crippen LogP contribution in [0.1, 0.15) is 44.2 Å². The maximum Gasteiger partial charge on any atom is 0.190 e. The van der Waals surface area contributed by atoms with E-state index in [1.54, 1.807) is 0 Å². The van der Waals surface area contributed by atoms with E-state index in [2.05, 4.69) is 42.6 Å². The maximum absolute atomic E-state index is 5.52. The minimum Gasteiger partial charge on any atom is -0.361 e. The molecular weight excluding hydrogens is 266 g/mol. The molecule has 2 atom stereocenters. The van der Waals surface area contributed by atoms with Crippen LogP contribution in [-0.4, -0.2) is 22.4 Å². The number of hydrogen-bond donors (Lipinski definition) is 1. The Morgan fingerprint density at radius 3 is 2.90 bits per heavy atom. The molecule has 1 N–H and O–H groups in total. The van der Waals surface area contributed by atoms with Crippen LogP contribution in [0.3, 0.4) is 0 Å². The van der Waals surface area contributed by atoms with Crippen LogP contribution in [0.25, 0.3) is 0 Å². The van der Waals surface area contributed by atoms with Crippen molar-refractivity contribution in [1.29, 1.82) is 0 Å². The van der Waals surface area contributed by atoms with Gasteiger partial charge in [-0.05, 0) is 44.0 Å². The largest absolute Gasteiger partial charge is 0.361 e. The second kappa shape index (κ2) is 5.92. The van der Waals surface area contributed by atoms with Crippen molar-refractivity contribution in [2.24, 2.45) is 11.0 Å². The number of thiocarbonyl (C=S) groups is 1. The summed E-state index contributed by atoms with van der Waals surface area (Å²) in [6.45, 7) is 2.91. The van der Waals surface area contributed by atoms with Gasteiger partial charge >= 0.3 is 0 Å². The van der Waals surface area contributed by atoms with Gasteiger partial charge in [0.1, 0.15) is 0 Å². The third kappa shape index (κ3) is 2.44. The van der Waals surface area contributed by atoms with Crippen LogP contribution in [0, 0.1) is 5.92 Å². The molecule has 0 saturated heterocycles. The Hall–Kier alpha value is -1.42. The van der Waals surface area contributed by atoms with Crippen LogP contribution in [0.2, 0.25) is 0 Å². The highest BCUT2D eigenvalue weighted by molar-refractivity contribution is 7.80. The predicted molar refractivity (Wildman–Crippen MR) is 86.7 cm³/mol. The Kier molecular flexibility index (Phi) is 4.01. The van der Waals surface area contributed by atoms with Gasteiger partial charge in [0.15, 0.2) is 5.11 Å². The summed E-state index contributed by atoms with van der Waals surface area (Å²) in [5.74, 6) is 0.530. The molecular formula is C16H21N3S. The Morgan fingerprint density at radius 1 is 1.35 bits per heavy atom. The lowest BCUT2D eigenvalue weighted by Crippen LogP contribution is -2.38. The van der Waals surface area contributed by atoms with E-state index in [0.717, 1.165) is 18.1 Å². The first kappa shape index (κ1) is 13.6. The Morgan fingerprint density at radius 2 is 2.15 bits per heavy atom. The van der Waals surface area contributed by atoms with Gasteiger partial charge in [-0.1, -0.05) is 36.8 Å². The average Bonchev–Trinajstić information content (AvgIpc) is 2.88. The topological polar surface area (TPSA) is 27.6 Å². The maximum atomic E-state index is 5.52. The third-order valence-corrected chi connectivity index (χ3v) is 4.52. The van der Waals surface area contributed by atoms with Crippen molar-refractivity contribution in [3.8, 4) is 0 Å². The minimum atomic E-state index is 0.276. The molecule has 0 radical (unpaired) electrons. The van der Waals surface area contributed by atoms with Crippen LogP contribution < -0.4 is 5.32 Å². The van der Waals surface area contributed by atoms with Crippen LogP contribution in [-0.2, 0) is 0 Å². The van der Waals surface area contributed by atoms with Gasteiger partial charge in [-0.25, -0.2) is 5.01 Å². The van der Waals surface area contributed by atoms with E-state index in [-0.39, 0.29) is 6.04 Å². The van der Waals surface area contributed by atoms with E-state index in [1.807, 2.05) is 5.01 Å². The zero-order valence-corrected chi connectivity index (χ0v) is 12.7. The van der Waals surface area contributed by atoms with Crippen LogP contribution >= 0.6 is 12.2 Å². The van der Waals surface area contributed by atoms with Gasteiger partial charge in [-0.2, -0.15) is 5.10 Å². The van der Waals surface area contributed by atoms with Gasteiger partial charge in [0.2, 0.25) is 0 Å². The number of nitrogens with zero attached hydrogens (tertiary/aromatic N) is 2. The zero-order valence-electron chi connectivity index (χ0n) is 11.9. The molecule has 3 rings (SSSR count). The van der Waals surface area contributed by atoms with Crippen LogP contribution in [0.15, 0.2) is 35.4 Å². The van der Waals surface area contributed by atoms with Crippen molar-refractivity contribution in [3.05, 3.63) is 35.9 Å². The SMILES string of the molecule is CCNC(=S)N1N=C2CCCCC2C1c1ccccc1. The highest BCUT2D eigenvalue weighted by Crippen LogP contribution is 2.42. The van der Waals surface area contributed by atoms with Crippen molar-refractivity contribution < 1.29 is 0 Å². The van der Waals surface area contributed by atoms with E-state index in [1.165, 1.54) is 30.5 Å². The fraction of sp³-hybridized carbons (Fsp3) is 0.500. The van der Waals surface area contributed by atoms with Crippen molar-refractivity contribution >= 4 is 23.0 Å². The molecule has 1 saturated carbocycles. The van der Waals surface area contributed by atoms with Crippen molar-refractivity contribution in [2.75, 3.05) is 6.54 Å². The van der Waals surface area contributed by atoms with E-state index < -0.39 is 0 Å². The van der Waals surface area contributed by atoms with E-state index in [4.69, 9.17) is 17.3 Å². The Labute approximate surface area is 126 Å². The number of hydrazone groups is 1. The summed E-state index contributed by atoms with van der Waals surface area (Å²) in [7, 11) is 0. The highest BCUT2D eigenvalue weighted by Gasteiger charge is 2.40. The molecule has 0 bridgehead atoms. The lowest BCUT2D eigenvalue weighted by atomic mass is 9.80. The number of nitrogens with one attached hydrogen (secondary N) is 1. The van der Waals surface area contributed by atoms with Gasteiger partial charge in [0.25, 0.3) is 0 Å². The number of benzene rings is 1. The van der Waals surface area contributed by atoms with Gasteiger partial charge < -0.3 is 5.32 Å². The zero-order chi connectivity index (χ0) is 13.9. The second-order valence-electron chi connectivity index (χ2n) is 5.48. The number of fused-ring (bicyclic) bond motifs is 1. The molecule has 1 heterocycles. The molecule has 2 aliphatic rings. The first-order valence-corrected chi connectivity index (χ1v) is 7.91. The van der Waals surface area contributed by atoms with Gasteiger partial charge in [-0.3, -0.25) is 0 Å². The summed E-state index contributed by atoms with van der Waals surface area (Å²) >= 11 is 5.52. The molecule has 1 aromatic rings. The molecule has 0 aromatic heterocycles. The average molecular weight is 287 g/mol. The monoisotopic (exact) mass is 287 g/mol. The minimum absolute atomic E-state index is 0.276. The molecule has 1 aromatic carbocycles. The van der Waals surface area contributed by atoms with Gasteiger partial charge in [-0.15, -0.1) is 0 Å². The van der Waals surface area contributed by atoms with Crippen LogP contribution in [0.4, 0.5) is 0 Å². The third-order valence-electron chi connectivity index (χ3n) is 4.18. The number of rotatable bonds is 2. The molecule has 20 heavy (non-hydrogen) atoms. The molecule has 0 spiro atoms. The molecule has 4 heteroatoms. The molecule has 1 fully saturated rings. The Balaban J connectivity index is 1.93. The lowest BCUT2D eigenvalue weighted by molar-refractivity contribution is 0.297. The van der Waals surface area contributed by atoms with Crippen molar-refractivity contribution in [3.63, 3.8) is 0 Å². The van der Waals surface area contributed by atoms with Crippen LogP contribution in [0.5, 0.6) is 0 Å². The predicted octanol–water partition coefficient (Wildman–Crippen LogP) is 3.48. The quantitative estimate of drug-likeness (QED) is 0.844. The molecule has 1 aliphatic carbocycles. The first-order chi connectivity index (χ1) is 9.81. The Bertz CT molecular complexity index is 512. The van der Waals surface area contributed by atoms with E-state index in [9.17, 15) is 0 Å². The molecule has 106 valence electrons. The highest BCUT2D eigenvalue weighted by atomic mass is 32.1. The van der Waals surface area contributed by atoms with Crippen molar-refractivity contribution in [1.82, 2.24) is 10.3 Å². The summed E-state index contributed by atoms with van der Waals surface area (Å²) in [6.07, 6.45) is 4.91. The number of hydrogen-bond acceptors (Lipinski definition) is 2. The molecule has 1 aliphatic heterocycles. The smallest absolute Gasteiger partial charge is 0.190 e. The standard InChI is InChI=1S/C16H21N3S/c1-2-17-16(20)19-15(12-8-4-3-5-9-12)13-10-6-7-11-14(13)18-19/h3-5,8-9,13,15H,2,6-7,10-11H2,1H3,(H,17,20). The summed E-state index contributed by atoms with van der Waals surface area (Å²) in [4.78, 5) is 0. The first-order valence-electron chi connectivity index (χ1n) is 7.50.